The number of carbonyl (C=O) groups excluding carboxylic acids is 1. The van der Waals surface area contributed by atoms with E-state index in [0.29, 0.717) is 49.0 Å². The second-order valence-corrected chi connectivity index (χ2v) is 9.03. The summed E-state index contributed by atoms with van der Waals surface area (Å²) in [7, 11) is 1.49. The molecule has 37 heavy (non-hydrogen) atoms. The molecule has 2 aromatic carbocycles. The molecule has 1 N–H and O–H groups in total. The Bertz CT molecular complexity index is 1750. The van der Waals surface area contributed by atoms with E-state index in [1.807, 2.05) is 31.2 Å². The maximum absolute atomic E-state index is 13.4. The number of rotatable bonds is 5. The Hall–Kier alpha value is -5.12. The van der Waals surface area contributed by atoms with Gasteiger partial charge < -0.3 is 4.74 Å². The lowest BCUT2D eigenvalue weighted by Gasteiger charge is -2.14. The molecule has 8 nitrogen and oxygen atoms in total. The first kappa shape index (κ1) is 23.6. The molecule has 0 radical (unpaired) electrons. The van der Waals surface area contributed by atoms with Gasteiger partial charge in [0.15, 0.2) is 5.13 Å². The molecule has 3 heterocycles. The van der Waals surface area contributed by atoms with Gasteiger partial charge in [-0.2, -0.15) is 10.5 Å². The molecular formula is C28H18N6O2S. The maximum atomic E-state index is 13.4. The van der Waals surface area contributed by atoms with Crippen LogP contribution in [0.3, 0.4) is 0 Å². The summed E-state index contributed by atoms with van der Waals surface area (Å²) in [6.07, 6.45) is 1.51. The van der Waals surface area contributed by atoms with Gasteiger partial charge in [-0.25, -0.2) is 9.97 Å². The van der Waals surface area contributed by atoms with Crippen LogP contribution in [0.15, 0.2) is 66.9 Å². The number of para-hydroxylation sites is 1. The van der Waals surface area contributed by atoms with E-state index in [1.54, 1.807) is 36.4 Å². The quantitative estimate of drug-likeness (QED) is 0.325. The smallest absolute Gasteiger partial charge is 0.259 e. The fourth-order valence-electron chi connectivity index (χ4n) is 3.93. The average Bonchev–Trinajstić information content (AvgIpc) is 3.33. The number of methoxy groups -OCH3 is 1. The fraction of sp³-hybridized carbons (Fsp3) is 0.0714. The van der Waals surface area contributed by atoms with E-state index in [1.165, 1.54) is 24.6 Å². The summed E-state index contributed by atoms with van der Waals surface area (Å²) in [4.78, 5) is 27.5. The first-order valence-electron chi connectivity index (χ1n) is 11.1. The summed E-state index contributed by atoms with van der Waals surface area (Å²) in [5.41, 5.74) is 5.49. The number of carbonyl (C=O) groups is 1. The number of ether oxygens (including phenoxy) is 1. The molecule has 0 aliphatic heterocycles. The molecule has 0 saturated carbocycles. The number of nitrogens with one attached hydrogen (secondary N) is 1. The van der Waals surface area contributed by atoms with Crippen molar-refractivity contribution in [3.63, 3.8) is 0 Å². The van der Waals surface area contributed by atoms with Crippen LogP contribution >= 0.6 is 11.3 Å². The minimum absolute atomic E-state index is 0.324. The van der Waals surface area contributed by atoms with Crippen LogP contribution in [0.25, 0.3) is 32.7 Å². The van der Waals surface area contributed by atoms with Gasteiger partial charge >= 0.3 is 0 Å². The van der Waals surface area contributed by atoms with Gasteiger partial charge in [0, 0.05) is 28.6 Å². The third kappa shape index (κ3) is 4.59. The number of hydrogen-bond donors (Lipinski definition) is 1. The molecule has 0 unspecified atom stereocenters. The number of aromatic nitrogens is 3. The van der Waals surface area contributed by atoms with Gasteiger partial charge in [-0.3, -0.25) is 15.1 Å². The second-order valence-electron chi connectivity index (χ2n) is 8.05. The van der Waals surface area contributed by atoms with Gasteiger partial charge in [0.1, 0.15) is 22.2 Å². The summed E-state index contributed by atoms with van der Waals surface area (Å²) in [6, 6.07) is 22.1. The van der Waals surface area contributed by atoms with Crippen molar-refractivity contribution in [3.8, 4) is 40.3 Å². The van der Waals surface area contributed by atoms with Crippen LogP contribution in [0.4, 0.5) is 5.13 Å². The van der Waals surface area contributed by atoms with E-state index >= 15 is 0 Å². The molecule has 0 bridgehead atoms. The van der Waals surface area contributed by atoms with Crippen LogP contribution in [0.5, 0.6) is 5.75 Å². The Balaban J connectivity index is 1.48. The molecule has 0 saturated heterocycles. The van der Waals surface area contributed by atoms with Crippen molar-refractivity contribution in [3.05, 3.63) is 89.2 Å². The topological polar surface area (TPSA) is 125 Å². The predicted octanol–water partition coefficient (Wildman–Crippen LogP) is 5.73. The fourth-order valence-corrected chi connectivity index (χ4v) is 4.77. The molecular weight excluding hydrogens is 484 g/mol. The molecule has 0 aliphatic carbocycles. The van der Waals surface area contributed by atoms with Crippen molar-refractivity contribution in [2.24, 2.45) is 0 Å². The molecule has 178 valence electrons. The largest absolute Gasteiger partial charge is 0.495 e. The van der Waals surface area contributed by atoms with Crippen molar-refractivity contribution in [2.45, 2.75) is 6.92 Å². The number of amides is 1. The van der Waals surface area contributed by atoms with E-state index in [2.05, 4.69) is 32.4 Å². The number of thiazole rings is 1. The van der Waals surface area contributed by atoms with Gasteiger partial charge in [0.2, 0.25) is 0 Å². The molecule has 0 aliphatic rings. The Labute approximate surface area is 216 Å². The summed E-state index contributed by atoms with van der Waals surface area (Å²) >= 11 is 1.26. The van der Waals surface area contributed by atoms with E-state index in [9.17, 15) is 10.1 Å². The zero-order valence-electron chi connectivity index (χ0n) is 19.8. The van der Waals surface area contributed by atoms with Gasteiger partial charge in [-0.05, 0) is 43.3 Å². The SMILES string of the molecule is COc1c(C#N)cccc1-c1cc(C)ncc1C(=O)Nc1nc2ccc(-c3ccc(C#N)cc3)nc2s1. The first-order valence-corrected chi connectivity index (χ1v) is 12.0. The molecule has 1 amide bonds. The van der Waals surface area contributed by atoms with Crippen LogP contribution in [-0.4, -0.2) is 28.0 Å². The molecule has 0 spiro atoms. The van der Waals surface area contributed by atoms with Crippen molar-refractivity contribution in [1.29, 1.82) is 10.5 Å². The molecule has 0 atom stereocenters. The van der Waals surface area contributed by atoms with Crippen molar-refractivity contribution in [2.75, 3.05) is 12.4 Å². The molecule has 0 fully saturated rings. The molecule has 9 heteroatoms. The molecule has 5 aromatic rings. The Kier molecular flexibility index (Phi) is 6.29. The summed E-state index contributed by atoms with van der Waals surface area (Å²) < 4.78 is 5.51. The van der Waals surface area contributed by atoms with Gasteiger partial charge in [0.25, 0.3) is 5.91 Å². The number of hydrogen-bond acceptors (Lipinski definition) is 8. The summed E-state index contributed by atoms with van der Waals surface area (Å²) in [5, 5.41) is 21.8. The highest BCUT2D eigenvalue weighted by Crippen LogP contribution is 2.36. The van der Waals surface area contributed by atoms with Gasteiger partial charge in [-0.1, -0.05) is 35.6 Å². The highest BCUT2D eigenvalue weighted by Gasteiger charge is 2.20. The van der Waals surface area contributed by atoms with E-state index in [4.69, 9.17) is 10.00 Å². The maximum Gasteiger partial charge on any atom is 0.259 e. The number of pyridine rings is 2. The minimum atomic E-state index is -0.390. The van der Waals surface area contributed by atoms with Gasteiger partial charge in [0.05, 0.1) is 35.6 Å². The number of nitrogens with zero attached hydrogens (tertiary/aromatic N) is 5. The third-order valence-corrected chi connectivity index (χ3v) is 6.58. The number of benzene rings is 2. The van der Waals surface area contributed by atoms with Crippen molar-refractivity contribution >= 4 is 32.7 Å². The van der Waals surface area contributed by atoms with Crippen LogP contribution in [0.2, 0.25) is 0 Å². The minimum Gasteiger partial charge on any atom is -0.495 e. The average molecular weight is 503 g/mol. The van der Waals surface area contributed by atoms with Crippen LogP contribution in [-0.2, 0) is 0 Å². The lowest BCUT2D eigenvalue weighted by Crippen LogP contribution is -2.14. The number of aryl methyl sites for hydroxylation is 1. The molecule has 5 rings (SSSR count). The lowest BCUT2D eigenvalue weighted by atomic mass is 9.97. The zero-order chi connectivity index (χ0) is 25.9. The van der Waals surface area contributed by atoms with Gasteiger partial charge in [-0.15, -0.1) is 0 Å². The second kappa shape index (κ2) is 9.86. The standard InChI is InChI=1S/C28H18N6O2S/c1-16-12-21(20-5-3-4-19(14-30)25(20)36-2)22(15-31-16)26(35)34-28-33-24-11-10-23(32-27(24)37-28)18-8-6-17(13-29)7-9-18/h3-12,15H,1-2H3,(H,33,34,35). The number of fused-ring (bicyclic) bond motifs is 1. The van der Waals surface area contributed by atoms with Crippen LogP contribution in [0.1, 0.15) is 27.2 Å². The zero-order valence-corrected chi connectivity index (χ0v) is 20.6. The van der Waals surface area contributed by atoms with Crippen LogP contribution in [0, 0.1) is 29.6 Å². The number of anilines is 1. The first-order chi connectivity index (χ1) is 18.0. The highest BCUT2D eigenvalue weighted by atomic mass is 32.1. The number of nitriles is 2. The lowest BCUT2D eigenvalue weighted by molar-refractivity contribution is 0.102. The van der Waals surface area contributed by atoms with Crippen molar-refractivity contribution < 1.29 is 9.53 Å². The van der Waals surface area contributed by atoms with E-state index in [0.717, 1.165) is 17.0 Å². The van der Waals surface area contributed by atoms with E-state index in [-0.39, 0.29) is 0 Å². The summed E-state index contributed by atoms with van der Waals surface area (Å²) in [6.45, 7) is 1.83. The van der Waals surface area contributed by atoms with Crippen LogP contribution < -0.4 is 10.1 Å². The Morgan fingerprint density at radius 2 is 1.81 bits per heavy atom. The third-order valence-electron chi connectivity index (χ3n) is 5.70. The Morgan fingerprint density at radius 1 is 1.00 bits per heavy atom. The monoisotopic (exact) mass is 502 g/mol. The summed E-state index contributed by atoms with van der Waals surface area (Å²) in [5.74, 6) is 0.00227. The van der Waals surface area contributed by atoms with Crippen molar-refractivity contribution in [1.82, 2.24) is 15.0 Å². The highest BCUT2D eigenvalue weighted by molar-refractivity contribution is 7.22. The van der Waals surface area contributed by atoms with E-state index < -0.39 is 5.91 Å². The Morgan fingerprint density at radius 3 is 2.54 bits per heavy atom. The normalized spacial score (nSPS) is 10.5. The predicted molar refractivity (Wildman–Crippen MR) is 141 cm³/mol. The molecule has 3 aromatic heterocycles.